The Kier molecular flexibility index (Phi) is 17.1. The Hall–Kier alpha value is -0.650. The fourth-order valence-corrected chi connectivity index (χ4v) is 4.30. The van der Waals surface area contributed by atoms with Crippen molar-refractivity contribution < 1.29 is 13.5 Å². The number of rotatable bonds is 7. The largest absolute Gasteiger partial charge is 0.393 e. The molecule has 1 aliphatic rings. The number of hydrogen-bond donors (Lipinski definition) is 1. The average Bonchev–Trinajstić information content (AvgIpc) is 2.79. The Balaban J connectivity index is 0. The minimum atomic E-state index is -3.29. The van der Waals surface area contributed by atoms with Crippen LogP contribution in [-0.2, 0) is 10.0 Å². The van der Waals surface area contributed by atoms with Crippen LogP contribution in [0.25, 0.3) is 0 Å². The first-order valence-electron chi connectivity index (χ1n) is 11.0. The Morgan fingerprint density at radius 3 is 2.14 bits per heavy atom. The molecule has 4 nitrogen and oxygen atoms in total. The highest BCUT2D eigenvalue weighted by molar-refractivity contribution is 7.92. The predicted molar refractivity (Wildman–Crippen MR) is 124 cm³/mol. The standard InChI is InChI=1S/C14H27NO3S.C7H14.C2H6/c1-3-5-6-7-13-8-10-15(11-9-14(13)16)19(17,18)12-4-2;1-5-6-7(2,3)4;1-2/h4,12-14,16H,3,5-11H2,1-2H3;5H,1,6H2,2-4H3;1-2H3/b12-4+;;. The van der Waals surface area contributed by atoms with Gasteiger partial charge in [-0.1, -0.05) is 73.0 Å². The van der Waals surface area contributed by atoms with E-state index in [1.807, 2.05) is 19.9 Å². The molecule has 1 aliphatic heterocycles. The van der Waals surface area contributed by atoms with Crippen LogP contribution >= 0.6 is 0 Å². The van der Waals surface area contributed by atoms with E-state index in [0.29, 0.717) is 24.9 Å². The molecule has 0 aromatic heterocycles. The Bertz CT molecular complexity index is 506. The van der Waals surface area contributed by atoms with Crippen LogP contribution in [0.3, 0.4) is 0 Å². The summed E-state index contributed by atoms with van der Waals surface area (Å²) in [5, 5.41) is 11.4. The highest BCUT2D eigenvalue weighted by Gasteiger charge is 2.28. The molecular formula is C23H47NO3S. The first-order chi connectivity index (χ1) is 13.1. The van der Waals surface area contributed by atoms with Gasteiger partial charge in [0.05, 0.1) is 6.10 Å². The second-order valence-electron chi connectivity index (χ2n) is 8.37. The van der Waals surface area contributed by atoms with E-state index < -0.39 is 10.0 Å². The Labute approximate surface area is 176 Å². The predicted octanol–water partition coefficient (Wildman–Crippen LogP) is 6.14. The number of allylic oxidation sites excluding steroid dienone is 2. The number of sulfonamides is 1. The number of aliphatic hydroxyl groups is 1. The molecule has 1 N–H and O–H groups in total. The summed E-state index contributed by atoms with van der Waals surface area (Å²) >= 11 is 0. The van der Waals surface area contributed by atoms with Crippen LogP contribution in [0.4, 0.5) is 0 Å². The molecule has 28 heavy (non-hydrogen) atoms. The number of unbranched alkanes of at least 4 members (excludes halogenated alkanes) is 2. The molecular weight excluding hydrogens is 370 g/mol. The van der Waals surface area contributed by atoms with Crippen molar-refractivity contribution in [3.63, 3.8) is 0 Å². The monoisotopic (exact) mass is 417 g/mol. The molecule has 1 heterocycles. The van der Waals surface area contributed by atoms with Crippen molar-refractivity contribution in [2.24, 2.45) is 11.3 Å². The van der Waals surface area contributed by atoms with Crippen LogP contribution in [0, 0.1) is 11.3 Å². The summed E-state index contributed by atoms with van der Waals surface area (Å²) < 4.78 is 25.4. The smallest absolute Gasteiger partial charge is 0.235 e. The highest BCUT2D eigenvalue weighted by Crippen LogP contribution is 2.25. The second kappa shape index (κ2) is 16.2. The van der Waals surface area contributed by atoms with Gasteiger partial charge >= 0.3 is 0 Å². The molecule has 2 atom stereocenters. The number of nitrogens with zero attached hydrogens (tertiary/aromatic N) is 1. The van der Waals surface area contributed by atoms with Gasteiger partial charge in [-0.15, -0.1) is 6.58 Å². The van der Waals surface area contributed by atoms with Crippen LogP contribution < -0.4 is 0 Å². The lowest BCUT2D eigenvalue weighted by molar-refractivity contribution is 0.0976. The number of hydrogen-bond acceptors (Lipinski definition) is 3. The Morgan fingerprint density at radius 2 is 1.71 bits per heavy atom. The van der Waals surface area contributed by atoms with Crippen molar-refractivity contribution in [2.75, 3.05) is 13.1 Å². The molecule has 0 radical (unpaired) electrons. The summed E-state index contributed by atoms with van der Waals surface area (Å²) in [6, 6.07) is 0. The van der Waals surface area contributed by atoms with Gasteiger partial charge in [-0.2, -0.15) is 4.31 Å². The first-order valence-corrected chi connectivity index (χ1v) is 12.5. The molecule has 0 amide bonds. The third-order valence-corrected chi connectivity index (χ3v) is 6.27. The number of aliphatic hydroxyl groups excluding tert-OH is 1. The molecule has 0 aliphatic carbocycles. The van der Waals surface area contributed by atoms with E-state index in [4.69, 9.17) is 0 Å². The van der Waals surface area contributed by atoms with Crippen LogP contribution in [0.1, 0.15) is 93.4 Å². The van der Waals surface area contributed by atoms with E-state index in [-0.39, 0.29) is 12.0 Å². The van der Waals surface area contributed by atoms with E-state index >= 15 is 0 Å². The molecule has 0 spiro atoms. The van der Waals surface area contributed by atoms with Crippen molar-refractivity contribution in [3.05, 3.63) is 24.1 Å². The third kappa shape index (κ3) is 14.4. The lowest BCUT2D eigenvalue weighted by atomic mass is 9.92. The van der Waals surface area contributed by atoms with Gasteiger partial charge in [0.1, 0.15) is 0 Å². The summed E-state index contributed by atoms with van der Waals surface area (Å²) in [5.41, 5.74) is 0.432. The summed E-state index contributed by atoms with van der Waals surface area (Å²) in [5.74, 6) is 0.248. The van der Waals surface area contributed by atoms with Gasteiger partial charge in [0, 0.05) is 18.5 Å². The van der Waals surface area contributed by atoms with Crippen molar-refractivity contribution >= 4 is 10.0 Å². The lowest BCUT2D eigenvalue weighted by Crippen LogP contribution is -2.30. The average molecular weight is 418 g/mol. The molecule has 0 saturated carbocycles. The van der Waals surface area contributed by atoms with Gasteiger partial charge in [-0.05, 0) is 43.9 Å². The molecule has 0 bridgehead atoms. The SMILES string of the molecule is C/C=C/S(=O)(=O)N1CCC(O)C(CCCCC)CC1.C=CCC(C)(C)C.CC. The molecule has 0 aromatic carbocycles. The van der Waals surface area contributed by atoms with E-state index in [0.717, 1.165) is 25.7 Å². The summed E-state index contributed by atoms with van der Waals surface area (Å²) in [7, 11) is -3.29. The highest BCUT2D eigenvalue weighted by atomic mass is 32.2. The zero-order valence-electron chi connectivity index (χ0n) is 19.6. The maximum absolute atomic E-state index is 12.0. The zero-order valence-corrected chi connectivity index (χ0v) is 20.4. The van der Waals surface area contributed by atoms with Gasteiger partial charge in [0.2, 0.25) is 10.0 Å². The summed E-state index contributed by atoms with van der Waals surface area (Å²) in [6.07, 6.45) is 10.1. The van der Waals surface area contributed by atoms with E-state index in [1.54, 1.807) is 13.0 Å². The van der Waals surface area contributed by atoms with Crippen molar-refractivity contribution in [1.82, 2.24) is 4.31 Å². The molecule has 1 fully saturated rings. The molecule has 2 unspecified atom stereocenters. The van der Waals surface area contributed by atoms with Gasteiger partial charge in [0.25, 0.3) is 0 Å². The zero-order chi connectivity index (χ0) is 22.2. The summed E-state index contributed by atoms with van der Waals surface area (Å²) in [4.78, 5) is 0. The van der Waals surface area contributed by atoms with Gasteiger partial charge in [-0.25, -0.2) is 8.42 Å². The van der Waals surface area contributed by atoms with E-state index in [1.165, 1.54) is 22.6 Å². The first kappa shape index (κ1) is 29.6. The third-order valence-electron chi connectivity index (χ3n) is 4.57. The van der Waals surface area contributed by atoms with Crippen LogP contribution in [0.2, 0.25) is 0 Å². The second-order valence-corrected chi connectivity index (χ2v) is 10.2. The topological polar surface area (TPSA) is 57.6 Å². The van der Waals surface area contributed by atoms with Crippen molar-refractivity contribution in [2.45, 2.75) is 99.5 Å². The van der Waals surface area contributed by atoms with Crippen LogP contribution in [0.5, 0.6) is 0 Å². The Morgan fingerprint density at radius 1 is 1.14 bits per heavy atom. The fourth-order valence-electron chi connectivity index (χ4n) is 3.06. The van der Waals surface area contributed by atoms with Crippen molar-refractivity contribution in [1.29, 1.82) is 0 Å². The van der Waals surface area contributed by atoms with Gasteiger partial charge in [0.15, 0.2) is 0 Å². The molecule has 0 aromatic rings. The van der Waals surface area contributed by atoms with Gasteiger partial charge in [-0.3, -0.25) is 0 Å². The van der Waals surface area contributed by atoms with Crippen LogP contribution in [-0.4, -0.2) is 37.0 Å². The lowest BCUT2D eigenvalue weighted by Gasteiger charge is -2.19. The van der Waals surface area contributed by atoms with Crippen molar-refractivity contribution in [3.8, 4) is 0 Å². The molecule has 5 heteroatoms. The maximum atomic E-state index is 12.0. The van der Waals surface area contributed by atoms with Crippen LogP contribution in [0.15, 0.2) is 24.1 Å². The normalized spacial score (nSPS) is 21.1. The summed E-state index contributed by atoms with van der Waals surface area (Å²) in [6.45, 7) is 19.1. The van der Waals surface area contributed by atoms with Gasteiger partial charge < -0.3 is 5.11 Å². The minimum Gasteiger partial charge on any atom is -0.393 e. The maximum Gasteiger partial charge on any atom is 0.235 e. The fraction of sp³-hybridized carbons (Fsp3) is 0.826. The molecule has 168 valence electrons. The van der Waals surface area contributed by atoms with E-state index in [9.17, 15) is 13.5 Å². The van der Waals surface area contributed by atoms with E-state index in [2.05, 4.69) is 34.3 Å². The minimum absolute atomic E-state index is 0.248. The molecule has 1 saturated heterocycles. The molecule has 1 rings (SSSR count). The quantitative estimate of drug-likeness (QED) is 0.400.